The fourth-order valence-corrected chi connectivity index (χ4v) is 1.81. The number of halogens is 1. The number of nitrogens with zero attached hydrogens (tertiary/aromatic N) is 1. The summed E-state index contributed by atoms with van der Waals surface area (Å²) in [7, 11) is 1.58. The number of aliphatic carboxylic acids is 1. The number of aliphatic hydroxyl groups is 1. The molecule has 0 spiro atoms. The van der Waals surface area contributed by atoms with E-state index in [-0.39, 0.29) is 12.6 Å². The van der Waals surface area contributed by atoms with Crippen molar-refractivity contribution in [2.45, 2.75) is 25.5 Å². The molecular weight excluding hydrogens is 296 g/mol. The lowest BCUT2D eigenvalue weighted by Crippen LogP contribution is -2.49. The Hall–Kier alpha value is -1.79. The van der Waals surface area contributed by atoms with Crippen LogP contribution in [0.2, 0.25) is 5.02 Å². The normalized spacial score (nSPS) is 14.9. The molecular formula is C14H19ClN2O4. The van der Waals surface area contributed by atoms with Crippen molar-refractivity contribution in [1.29, 1.82) is 0 Å². The van der Waals surface area contributed by atoms with E-state index in [9.17, 15) is 14.7 Å². The van der Waals surface area contributed by atoms with E-state index in [1.807, 2.05) is 13.0 Å². The van der Waals surface area contributed by atoms with Crippen molar-refractivity contribution < 1.29 is 19.8 Å². The zero-order chi connectivity index (χ0) is 16.2. The summed E-state index contributed by atoms with van der Waals surface area (Å²) in [5, 5.41) is 21.3. The molecule has 7 heteroatoms. The van der Waals surface area contributed by atoms with Crippen molar-refractivity contribution in [3.8, 4) is 0 Å². The Labute approximate surface area is 128 Å². The highest BCUT2D eigenvalue weighted by molar-refractivity contribution is 6.30. The molecule has 2 unspecified atom stereocenters. The van der Waals surface area contributed by atoms with Gasteiger partial charge in [-0.05, 0) is 31.5 Å². The molecule has 0 saturated carbocycles. The second-order valence-corrected chi connectivity index (χ2v) is 5.52. The quantitative estimate of drug-likeness (QED) is 0.774. The number of nitrogens with one attached hydrogen (secondary N) is 1. The molecule has 6 nitrogen and oxygen atoms in total. The highest BCUT2D eigenvalue weighted by Gasteiger charge is 2.31. The lowest BCUT2D eigenvalue weighted by molar-refractivity contribution is -0.155. The van der Waals surface area contributed by atoms with Gasteiger partial charge < -0.3 is 20.4 Å². The minimum absolute atomic E-state index is 0.251. The number of carbonyl (C=O) groups is 2. The van der Waals surface area contributed by atoms with E-state index in [1.165, 1.54) is 4.90 Å². The SMILES string of the molecule is CC(c1cccc(Cl)c1)N(C)C(=O)NCC(C)(O)C(=O)O. The molecule has 0 aliphatic heterocycles. The van der Waals surface area contributed by atoms with Crippen LogP contribution < -0.4 is 5.32 Å². The fraction of sp³-hybridized carbons (Fsp3) is 0.429. The zero-order valence-electron chi connectivity index (χ0n) is 12.1. The molecule has 1 rings (SSSR count). The Morgan fingerprint density at radius 1 is 1.48 bits per heavy atom. The van der Waals surface area contributed by atoms with E-state index in [0.29, 0.717) is 5.02 Å². The second kappa shape index (κ2) is 6.78. The summed E-state index contributed by atoms with van der Waals surface area (Å²) < 4.78 is 0. The predicted octanol–water partition coefficient (Wildman–Crippen LogP) is 1.88. The fourth-order valence-electron chi connectivity index (χ4n) is 1.61. The van der Waals surface area contributed by atoms with Gasteiger partial charge in [0.15, 0.2) is 5.60 Å². The molecule has 1 aromatic carbocycles. The Bertz CT molecular complexity index is 533. The van der Waals surface area contributed by atoms with Gasteiger partial charge in [-0.25, -0.2) is 9.59 Å². The number of rotatable bonds is 5. The first-order valence-electron chi connectivity index (χ1n) is 6.37. The topological polar surface area (TPSA) is 89.9 Å². The molecule has 2 amide bonds. The van der Waals surface area contributed by atoms with Crippen molar-refractivity contribution >= 4 is 23.6 Å². The number of carboxylic acids is 1. The highest BCUT2D eigenvalue weighted by Crippen LogP contribution is 2.21. The third-order valence-corrected chi connectivity index (χ3v) is 3.51. The lowest BCUT2D eigenvalue weighted by atomic mass is 10.1. The number of urea groups is 1. The molecule has 0 heterocycles. The van der Waals surface area contributed by atoms with E-state index in [1.54, 1.807) is 25.2 Å². The second-order valence-electron chi connectivity index (χ2n) is 5.08. The first kappa shape index (κ1) is 17.3. The van der Waals surface area contributed by atoms with Gasteiger partial charge in [0.05, 0.1) is 12.6 Å². The van der Waals surface area contributed by atoms with Crippen molar-refractivity contribution in [1.82, 2.24) is 10.2 Å². The maximum Gasteiger partial charge on any atom is 0.337 e. The number of hydrogen-bond acceptors (Lipinski definition) is 3. The summed E-state index contributed by atoms with van der Waals surface area (Å²) in [5.41, 5.74) is -1.15. The Morgan fingerprint density at radius 2 is 2.10 bits per heavy atom. The monoisotopic (exact) mass is 314 g/mol. The van der Waals surface area contributed by atoms with Gasteiger partial charge in [0.1, 0.15) is 0 Å². The van der Waals surface area contributed by atoms with Gasteiger partial charge >= 0.3 is 12.0 Å². The van der Waals surface area contributed by atoms with Crippen LogP contribution in [0.25, 0.3) is 0 Å². The molecule has 3 N–H and O–H groups in total. The maximum atomic E-state index is 12.0. The molecule has 0 saturated heterocycles. The average Bonchev–Trinajstić information content (AvgIpc) is 2.43. The van der Waals surface area contributed by atoms with Crippen LogP contribution in [0.4, 0.5) is 4.79 Å². The van der Waals surface area contributed by atoms with Crippen molar-refractivity contribution in [2.75, 3.05) is 13.6 Å². The maximum absolute atomic E-state index is 12.0. The molecule has 21 heavy (non-hydrogen) atoms. The van der Waals surface area contributed by atoms with Gasteiger partial charge in [0.25, 0.3) is 0 Å². The number of carboxylic acid groups (broad SMARTS) is 1. The van der Waals surface area contributed by atoms with E-state index >= 15 is 0 Å². The summed E-state index contributed by atoms with van der Waals surface area (Å²) in [5.74, 6) is -1.40. The molecule has 0 aliphatic rings. The van der Waals surface area contributed by atoms with Gasteiger partial charge in [-0.3, -0.25) is 0 Å². The van der Waals surface area contributed by atoms with Crippen LogP contribution >= 0.6 is 11.6 Å². The zero-order valence-corrected chi connectivity index (χ0v) is 12.9. The summed E-state index contributed by atoms with van der Waals surface area (Å²) >= 11 is 5.91. The lowest BCUT2D eigenvalue weighted by Gasteiger charge is -2.27. The third-order valence-electron chi connectivity index (χ3n) is 3.28. The van der Waals surface area contributed by atoms with E-state index in [4.69, 9.17) is 16.7 Å². The molecule has 0 fully saturated rings. The van der Waals surface area contributed by atoms with Gasteiger partial charge in [-0.2, -0.15) is 0 Å². The molecule has 1 aromatic rings. The minimum atomic E-state index is -2.00. The number of carbonyl (C=O) groups excluding carboxylic acids is 1. The average molecular weight is 315 g/mol. The Kier molecular flexibility index (Phi) is 5.57. The van der Waals surface area contributed by atoms with Gasteiger partial charge in [0, 0.05) is 12.1 Å². The molecule has 2 atom stereocenters. The third kappa shape index (κ3) is 4.61. The summed E-state index contributed by atoms with van der Waals surface area (Å²) in [6.07, 6.45) is 0. The minimum Gasteiger partial charge on any atom is -0.479 e. The first-order chi connectivity index (χ1) is 9.65. The van der Waals surface area contributed by atoms with Crippen LogP contribution in [0.3, 0.4) is 0 Å². The van der Waals surface area contributed by atoms with E-state index in [2.05, 4.69) is 5.32 Å². The predicted molar refractivity (Wildman–Crippen MR) is 79.3 cm³/mol. The van der Waals surface area contributed by atoms with Gasteiger partial charge in [-0.1, -0.05) is 23.7 Å². The Balaban J connectivity index is 2.68. The van der Waals surface area contributed by atoms with Crippen molar-refractivity contribution in [3.05, 3.63) is 34.9 Å². The molecule has 0 aromatic heterocycles. The van der Waals surface area contributed by atoms with E-state index < -0.39 is 17.6 Å². The highest BCUT2D eigenvalue weighted by atomic mass is 35.5. The van der Waals surface area contributed by atoms with Crippen LogP contribution in [0, 0.1) is 0 Å². The van der Waals surface area contributed by atoms with E-state index in [0.717, 1.165) is 12.5 Å². The van der Waals surface area contributed by atoms with Crippen LogP contribution in [0.5, 0.6) is 0 Å². The first-order valence-corrected chi connectivity index (χ1v) is 6.75. The van der Waals surface area contributed by atoms with Crippen LogP contribution in [0.15, 0.2) is 24.3 Å². The summed E-state index contributed by atoms with van der Waals surface area (Å²) in [6.45, 7) is 2.56. The van der Waals surface area contributed by atoms with Gasteiger partial charge in [0.2, 0.25) is 0 Å². The number of hydrogen-bond donors (Lipinski definition) is 3. The molecule has 0 aliphatic carbocycles. The Morgan fingerprint density at radius 3 is 2.62 bits per heavy atom. The van der Waals surface area contributed by atoms with Crippen LogP contribution in [-0.2, 0) is 4.79 Å². The number of amides is 2. The van der Waals surface area contributed by atoms with Gasteiger partial charge in [-0.15, -0.1) is 0 Å². The van der Waals surface area contributed by atoms with Crippen molar-refractivity contribution in [3.63, 3.8) is 0 Å². The summed E-state index contributed by atoms with van der Waals surface area (Å²) in [4.78, 5) is 24.2. The summed E-state index contributed by atoms with van der Waals surface area (Å²) in [6, 6.07) is 6.39. The standard InChI is InChI=1S/C14H19ClN2O4/c1-9(10-5-4-6-11(15)7-10)17(3)13(20)16-8-14(2,21)12(18)19/h4-7,9,21H,8H2,1-3H3,(H,16,20)(H,18,19). The largest absolute Gasteiger partial charge is 0.479 e. The van der Waals surface area contributed by atoms with Crippen LogP contribution in [0.1, 0.15) is 25.5 Å². The van der Waals surface area contributed by atoms with Crippen molar-refractivity contribution in [2.24, 2.45) is 0 Å². The molecule has 116 valence electrons. The molecule has 0 radical (unpaired) electrons. The number of benzene rings is 1. The molecule has 0 bridgehead atoms. The smallest absolute Gasteiger partial charge is 0.337 e. The van der Waals surface area contributed by atoms with Crippen LogP contribution in [-0.4, -0.2) is 46.3 Å².